The van der Waals surface area contributed by atoms with Gasteiger partial charge in [0.1, 0.15) is 11.9 Å². The Balaban J connectivity index is 2.40. The van der Waals surface area contributed by atoms with Crippen molar-refractivity contribution in [3.05, 3.63) is 35.9 Å². The van der Waals surface area contributed by atoms with Gasteiger partial charge in [-0.05, 0) is 12.1 Å². The van der Waals surface area contributed by atoms with E-state index in [-0.39, 0.29) is 11.6 Å². The van der Waals surface area contributed by atoms with Gasteiger partial charge in [0.15, 0.2) is 11.6 Å². The van der Waals surface area contributed by atoms with Crippen LogP contribution in [-0.2, 0) is 7.05 Å². The molecule has 7 heteroatoms. The van der Waals surface area contributed by atoms with Crippen LogP contribution in [-0.4, -0.2) is 25.8 Å². The predicted octanol–water partition coefficient (Wildman–Crippen LogP) is 1.44. The van der Waals surface area contributed by atoms with Crippen LogP contribution in [0.2, 0.25) is 0 Å². The molecule has 0 aliphatic heterocycles. The van der Waals surface area contributed by atoms with Gasteiger partial charge < -0.3 is 9.84 Å². The maximum Gasteiger partial charge on any atom is 0.341 e. The summed E-state index contributed by atoms with van der Waals surface area (Å²) in [6.45, 7) is 0. The molecule has 0 unspecified atom stereocenters. The average molecular weight is 237 g/mol. The summed E-state index contributed by atoms with van der Waals surface area (Å²) >= 11 is 0. The highest BCUT2D eigenvalue weighted by Gasteiger charge is 2.17. The van der Waals surface area contributed by atoms with Gasteiger partial charge in [0.2, 0.25) is 0 Å². The molecular formula is C10H8FN3O3. The zero-order valence-corrected chi connectivity index (χ0v) is 8.79. The molecule has 88 valence electrons. The highest BCUT2D eigenvalue weighted by Crippen LogP contribution is 2.26. The van der Waals surface area contributed by atoms with Gasteiger partial charge in [-0.1, -0.05) is 6.07 Å². The molecule has 0 radical (unpaired) electrons. The SMILES string of the molecule is Cn1cnc(Oc2c(F)cccc2C(=O)O)n1. The van der Waals surface area contributed by atoms with Gasteiger partial charge in [-0.3, -0.25) is 4.68 Å². The smallest absolute Gasteiger partial charge is 0.341 e. The zero-order valence-electron chi connectivity index (χ0n) is 8.79. The van der Waals surface area contributed by atoms with E-state index in [9.17, 15) is 9.18 Å². The number of aromatic nitrogens is 3. The molecule has 0 fully saturated rings. The summed E-state index contributed by atoms with van der Waals surface area (Å²) in [5.41, 5.74) is -0.280. The Morgan fingerprint density at radius 1 is 1.53 bits per heavy atom. The molecular weight excluding hydrogens is 229 g/mol. The van der Waals surface area contributed by atoms with Crippen LogP contribution in [0.5, 0.6) is 11.8 Å². The summed E-state index contributed by atoms with van der Waals surface area (Å²) < 4.78 is 19.8. The van der Waals surface area contributed by atoms with E-state index in [0.29, 0.717) is 0 Å². The number of para-hydroxylation sites is 1. The van der Waals surface area contributed by atoms with Gasteiger partial charge in [0.25, 0.3) is 0 Å². The molecule has 0 bridgehead atoms. The zero-order chi connectivity index (χ0) is 12.4. The number of aryl methyl sites for hydroxylation is 1. The average Bonchev–Trinajstić information content (AvgIpc) is 2.67. The molecule has 0 aliphatic rings. The lowest BCUT2D eigenvalue weighted by molar-refractivity contribution is 0.0693. The predicted molar refractivity (Wildman–Crippen MR) is 54.4 cm³/mol. The quantitative estimate of drug-likeness (QED) is 0.874. The van der Waals surface area contributed by atoms with E-state index in [2.05, 4.69) is 10.1 Å². The van der Waals surface area contributed by atoms with Gasteiger partial charge in [0, 0.05) is 7.05 Å². The first-order chi connectivity index (χ1) is 8.08. The summed E-state index contributed by atoms with van der Waals surface area (Å²) in [7, 11) is 1.61. The van der Waals surface area contributed by atoms with Crippen LogP contribution in [0.15, 0.2) is 24.5 Å². The highest BCUT2D eigenvalue weighted by molar-refractivity contribution is 5.91. The number of ether oxygens (including phenoxy) is 1. The van der Waals surface area contributed by atoms with Crippen LogP contribution < -0.4 is 4.74 Å². The van der Waals surface area contributed by atoms with Crippen molar-refractivity contribution in [1.82, 2.24) is 14.8 Å². The van der Waals surface area contributed by atoms with E-state index in [1.165, 1.54) is 23.1 Å². The first kappa shape index (κ1) is 11.1. The number of benzene rings is 1. The van der Waals surface area contributed by atoms with Crippen molar-refractivity contribution in [2.75, 3.05) is 0 Å². The van der Waals surface area contributed by atoms with Crippen molar-refractivity contribution in [2.24, 2.45) is 7.05 Å². The maximum atomic E-state index is 13.5. The molecule has 2 rings (SSSR count). The highest BCUT2D eigenvalue weighted by atomic mass is 19.1. The summed E-state index contributed by atoms with van der Waals surface area (Å²) in [5, 5.41) is 12.7. The summed E-state index contributed by atoms with van der Waals surface area (Å²) in [6, 6.07) is 3.52. The fourth-order valence-electron chi connectivity index (χ4n) is 1.24. The molecule has 0 aliphatic carbocycles. The largest absolute Gasteiger partial charge is 0.478 e. The molecule has 17 heavy (non-hydrogen) atoms. The number of hydrogen-bond acceptors (Lipinski definition) is 4. The molecule has 1 N–H and O–H groups in total. The minimum atomic E-state index is -1.28. The number of nitrogens with zero attached hydrogens (tertiary/aromatic N) is 3. The van der Waals surface area contributed by atoms with Crippen molar-refractivity contribution in [3.63, 3.8) is 0 Å². The molecule has 1 aromatic heterocycles. The van der Waals surface area contributed by atoms with Crippen LogP contribution in [0.25, 0.3) is 0 Å². The lowest BCUT2D eigenvalue weighted by Gasteiger charge is -2.05. The number of carboxylic acid groups (broad SMARTS) is 1. The third-order valence-corrected chi connectivity index (χ3v) is 1.97. The Hall–Kier alpha value is -2.44. The summed E-state index contributed by atoms with van der Waals surface area (Å²) in [4.78, 5) is 14.6. The van der Waals surface area contributed by atoms with E-state index in [1.54, 1.807) is 7.05 Å². The summed E-state index contributed by atoms with van der Waals surface area (Å²) in [5.74, 6) is -2.46. The molecule has 1 aromatic carbocycles. The Kier molecular flexibility index (Phi) is 2.73. The van der Waals surface area contributed by atoms with Crippen LogP contribution >= 0.6 is 0 Å². The van der Waals surface area contributed by atoms with Crippen molar-refractivity contribution in [3.8, 4) is 11.8 Å². The van der Waals surface area contributed by atoms with E-state index in [4.69, 9.17) is 9.84 Å². The van der Waals surface area contributed by atoms with Crippen molar-refractivity contribution >= 4 is 5.97 Å². The number of carboxylic acids is 1. The first-order valence-corrected chi connectivity index (χ1v) is 4.63. The van der Waals surface area contributed by atoms with Gasteiger partial charge in [-0.2, -0.15) is 4.98 Å². The van der Waals surface area contributed by atoms with Crippen molar-refractivity contribution < 1.29 is 19.0 Å². The van der Waals surface area contributed by atoms with E-state index >= 15 is 0 Å². The van der Waals surface area contributed by atoms with E-state index < -0.39 is 17.5 Å². The molecule has 0 atom stereocenters. The van der Waals surface area contributed by atoms with Gasteiger partial charge in [-0.15, -0.1) is 5.10 Å². The lowest BCUT2D eigenvalue weighted by Crippen LogP contribution is -2.02. The molecule has 2 aromatic rings. The van der Waals surface area contributed by atoms with Gasteiger partial charge in [0.05, 0.1) is 0 Å². The number of rotatable bonds is 3. The Morgan fingerprint density at radius 2 is 2.29 bits per heavy atom. The van der Waals surface area contributed by atoms with Crippen LogP contribution in [0.4, 0.5) is 4.39 Å². The normalized spacial score (nSPS) is 10.2. The molecule has 6 nitrogen and oxygen atoms in total. The Morgan fingerprint density at radius 3 is 2.88 bits per heavy atom. The molecule has 0 saturated carbocycles. The standard InChI is InChI=1S/C10H8FN3O3/c1-14-5-12-10(13-14)17-8-6(9(15)16)3-2-4-7(8)11/h2-5H,1H3,(H,15,16). The second-order valence-corrected chi connectivity index (χ2v) is 3.22. The Labute approximate surface area is 95.3 Å². The monoisotopic (exact) mass is 237 g/mol. The number of carbonyl (C=O) groups is 1. The van der Waals surface area contributed by atoms with Crippen LogP contribution in [0.3, 0.4) is 0 Å². The second-order valence-electron chi connectivity index (χ2n) is 3.22. The maximum absolute atomic E-state index is 13.5. The molecule has 1 heterocycles. The first-order valence-electron chi connectivity index (χ1n) is 4.63. The van der Waals surface area contributed by atoms with Crippen LogP contribution in [0.1, 0.15) is 10.4 Å². The fourth-order valence-corrected chi connectivity index (χ4v) is 1.24. The topological polar surface area (TPSA) is 77.2 Å². The van der Waals surface area contributed by atoms with Crippen LogP contribution in [0, 0.1) is 5.82 Å². The lowest BCUT2D eigenvalue weighted by atomic mass is 10.2. The minimum Gasteiger partial charge on any atom is -0.478 e. The number of halogens is 1. The summed E-state index contributed by atoms with van der Waals surface area (Å²) in [6.07, 6.45) is 1.36. The van der Waals surface area contributed by atoms with Gasteiger partial charge >= 0.3 is 12.0 Å². The number of hydrogen-bond donors (Lipinski definition) is 1. The second kappa shape index (κ2) is 4.20. The van der Waals surface area contributed by atoms with E-state index in [1.807, 2.05) is 0 Å². The van der Waals surface area contributed by atoms with E-state index in [0.717, 1.165) is 6.07 Å². The van der Waals surface area contributed by atoms with Crippen molar-refractivity contribution in [1.29, 1.82) is 0 Å². The molecule has 0 spiro atoms. The third kappa shape index (κ3) is 2.22. The van der Waals surface area contributed by atoms with Crippen molar-refractivity contribution in [2.45, 2.75) is 0 Å². The minimum absolute atomic E-state index is 0.111. The number of aromatic carboxylic acids is 1. The fraction of sp³-hybridized carbons (Fsp3) is 0.100. The molecule has 0 saturated heterocycles. The molecule has 0 amide bonds. The Bertz CT molecular complexity index is 568. The third-order valence-electron chi connectivity index (χ3n) is 1.97. The van der Waals surface area contributed by atoms with Gasteiger partial charge in [-0.25, -0.2) is 9.18 Å².